The number of hydrogen-bond acceptors (Lipinski definition) is 2. The Morgan fingerprint density at radius 2 is 2.29 bits per heavy atom. The average molecular weight is 187 g/mol. The standard InChI is InChI=1S/C11H13N3/c1-9-7-10(8-12)3-4-11(9)14-6-2-5-13-14/h2-7H,8,12H2,1H3. The zero-order chi connectivity index (χ0) is 9.97. The second kappa shape index (κ2) is 3.64. The quantitative estimate of drug-likeness (QED) is 0.776. The van der Waals surface area contributed by atoms with E-state index in [-0.39, 0.29) is 0 Å². The molecular formula is C11H13N3. The van der Waals surface area contributed by atoms with Gasteiger partial charge < -0.3 is 5.73 Å². The molecule has 0 unspecified atom stereocenters. The van der Waals surface area contributed by atoms with E-state index >= 15 is 0 Å². The Morgan fingerprint density at radius 1 is 1.43 bits per heavy atom. The SMILES string of the molecule is Cc1cc(CN)ccc1-n1cccn1. The van der Waals surface area contributed by atoms with Crippen molar-refractivity contribution in [1.82, 2.24) is 9.78 Å². The fourth-order valence-electron chi connectivity index (χ4n) is 1.51. The summed E-state index contributed by atoms with van der Waals surface area (Å²) >= 11 is 0. The lowest BCUT2D eigenvalue weighted by Gasteiger charge is -2.07. The largest absolute Gasteiger partial charge is 0.326 e. The van der Waals surface area contributed by atoms with Gasteiger partial charge in [0.1, 0.15) is 0 Å². The molecule has 1 heterocycles. The van der Waals surface area contributed by atoms with Gasteiger partial charge in [0.05, 0.1) is 5.69 Å². The second-order valence-corrected chi connectivity index (χ2v) is 3.28. The van der Waals surface area contributed by atoms with Gasteiger partial charge in [-0.1, -0.05) is 12.1 Å². The van der Waals surface area contributed by atoms with E-state index in [9.17, 15) is 0 Å². The second-order valence-electron chi connectivity index (χ2n) is 3.28. The number of nitrogens with zero attached hydrogens (tertiary/aromatic N) is 2. The predicted molar refractivity (Wildman–Crippen MR) is 56.2 cm³/mol. The molecule has 0 bridgehead atoms. The Kier molecular flexibility index (Phi) is 2.33. The molecule has 0 saturated carbocycles. The van der Waals surface area contributed by atoms with Crippen LogP contribution in [-0.4, -0.2) is 9.78 Å². The highest BCUT2D eigenvalue weighted by Gasteiger charge is 2.01. The van der Waals surface area contributed by atoms with Crippen LogP contribution < -0.4 is 5.73 Å². The third-order valence-electron chi connectivity index (χ3n) is 2.25. The first-order valence-electron chi connectivity index (χ1n) is 4.61. The van der Waals surface area contributed by atoms with E-state index < -0.39 is 0 Å². The molecule has 1 aromatic heterocycles. The molecule has 14 heavy (non-hydrogen) atoms. The summed E-state index contributed by atoms with van der Waals surface area (Å²) in [4.78, 5) is 0. The third kappa shape index (κ3) is 1.54. The number of rotatable bonds is 2. The fourth-order valence-corrected chi connectivity index (χ4v) is 1.51. The zero-order valence-electron chi connectivity index (χ0n) is 8.14. The molecule has 3 heteroatoms. The molecule has 0 spiro atoms. The first kappa shape index (κ1) is 8.97. The molecule has 2 rings (SSSR count). The van der Waals surface area contributed by atoms with E-state index in [1.165, 1.54) is 5.56 Å². The van der Waals surface area contributed by atoms with Crippen LogP contribution in [0, 0.1) is 6.92 Å². The van der Waals surface area contributed by atoms with Gasteiger partial charge >= 0.3 is 0 Å². The van der Waals surface area contributed by atoms with Gasteiger partial charge in [-0.05, 0) is 30.2 Å². The summed E-state index contributed by atoms with van der Waals surface area (Å²) in [7, 11) is 0. The van der Waals surface area contributed by atoms with Crippen LogP contribution in [-0.2, 0) is 6.54 Å². The molecule has 0 aliphatic heterocycles. The fraction of sp³-hybridized carbons (Fsp3) is 0.182. The van der Waals surface area contributed by atoms with Crippen molar-refractivity contribution in [2.75, 3.05) is 0 Å². The molecule has 0 fully saturated rings. The summed E-state index contributed by atoms with van der Waals surface area (Å²) in [6.07, 6.45) is 3.71. The monoisotopic (exact) mass is 187 g/mol. The lowest BCUT2D eigenvalue weighted by molar-refractivity contribution is 0.870. The molecule has 1 aromatic carbocycles. The van der Waals surface area contributed by atoms with Gasteiger partial charge in [-0.15, -0.1) is 0 Å². The highest BCUT2D eigenvalue weighted by atomic mass is 15.3. The molecule has 0 radical (unpaired) electrons. The van der Waals surface area contributed by atoms with Crippen molar-refractivity contribution in [1.29, 1.82) is 0 Å². The average Bonchev–Trinajstić information content (AvgIpc) is 2.70. The maximum absolute atomic E-state index is 5.57. The van der Waals surface area contributed by atoms with Crippen molar-refractivity contribution in [2.45, 2.75) is 13.5 Å². The Hall–Kier alpha value is -1.61. The van der Waals surface area contributed by atoms with Gasteiger partial charge in [0.2, 0.25) is 0 Å². The smallest absolute Gasteiger partial charge is 0.0674 e. The van der Waals surface area contributed by atoms with Crippen molar-refractivity contribution in [3.05, 3.63) is 47.8 Å². The van der Waals surface area contributed by atoms with Crippen LogP contribution in [0.2, 0.25) is 0 Å². The molecule has 72 valence electrons. The maximum atomic E-state index is 5.57. The Morgan fingerprint density at radius 3 is 2.86 bits per heavy atom. The summed E-state index contributed by atoms with van der Waals surface area (Å²) in [5.74, 6) is 0. The van der Waals surface area contributed by atoms with Gasteiger partial charge in [-0.25, -0.2) is 4.68 Å². The van der Waals surface area contributed by atoms with E-state index in [2.05, 4.69) is 18.1 Å². The molecule has 0 aliphatic rings. The predicted octanol–water partition coefficient (Wildman–Crippen LogP) is 1.64. The van der Waals surface area contributed by atoms with Crippen LogP contribution in [0.5, 0.6) is 0 Å². The van der Waals surface area contributed by atoms with Gasteiger partial charge in [0, 0.05) is 18.9 Å². The molecule has 0 aliphatic carbocycles. The van der Waals surface area contributed by atoms with Crippen molar-refractivity contribution in [3.63, 3.8) is 0 Å². The highest BCUT2D eigenvalue weighted by molar-refractivity contribution is 5.41. The first-order chi connectivity index (χ1) is 6.81. The molecule has 2 N–H and O–H groups in total. The number of aromatic nitrogens is 2. The number of hydrogen-bond donors (Lipinski definition) is 1. The highest BCUT2D eigenvalue weighted by Crippen LogP contribution is 2.14. The van der Waals surface area contributed by atoms with Gasteiger partial charge in [0.25, 0.3) is 0 Å². The number of nitrogens with two attached hydrogens (primary N) is 1. The van der Waals surface area contributed by atoms with Crippen LogP contribution in [0.25, 0.3) is 5.69 Å². The van der Waals surface area contributed by atoms with Crippen LogP contribution in [0.3, 0.4) is 0 Å². The Labute approximate surface area is 83.2 Å². The zero-order valence-corrected chi connectivity index (χ0v) is 8.14. The van der Waals surface area contributed by atoms with Crippen LogP contribution in [0.4, 0.5) is 0 Å². The lowest BCUT2D eigenvalue weighted by atomic mass is 10.1. The summed E-state index contributed by atoms with van der Waals surface area (Å²) in [6, 6.07) is 8.09. The van der Waals surface area contributed by atoms with Gasteiger partial charge in [0.15, 0.2) is 0 Å². The molecule has 0 atom stereocenters. The number of benzene rings is 1. The Balaban J connectivity index is 2.46. The summed E-state index contributed by atoms with van der Waals surface area (Å²) < 4.78 is 1.86. The van der Waals surface area contributed by atoms with E-state index in [4.69, 9.17) is 5.73 Å². The molecule has 2 aromatic rings. The van der Waals surface area contributed by atoms with Gasteiger partial charge in [-0.3, -0.25) is 0 Å². The maximum Gasteiger partial charge on any atom is 0.0674 e. The van der Waals surface area contributed by atoms with E-state index in [0.717, 1.165) is 11.3 Å². The third-order valence-corrected chi connectivity index (χ3v) is 2.25. The van der Waals surface area contributed by atoms with Crippen LogP contribution in [0.1, 0.15) is 11.1 Å². The van der Waals surface area contributed by atoms with Crippen LogP contribution >= 0.6 is 0 Å². The minimum absolute atomic E-state index is 0.584. The minimum Gasteiger partial charge on any atom is -0.326 e. The molecule has 0 amide bonds. The number of aryl methyl sites for hydroxylation is 1. The van der Waals surface area contributed by atoms with Crippen molar-refractivity contribution >= 4 is 0 Å². The molecule has 3 nitrogen and oxygen atoms in total. The van der Waals surface area contributed by atoms with E-state index in [1.54, 1.807) is 6.20 Å². The lowest BCUT2D eigenvalue weighted by Crippen LogP contribution is -2.01. The topological polar surface area (TPSA) is 43.8 Å². The van der Waals surface area contributed by atoms with E-state index in [0.29, 0.717) is 6.54 Å². The first-order valence-corrected chi connectivity index (χ1v) is 4.61. The molecular weight excluding hydrogens is 174 g/mol. The summed E-state index contributed by atoms with van der Waals surface area (Å²) in [6.45, 7) is 2.65. The van der Waals surface area contributed by atoms with E-state index in [1.807, 2.05) is 29.1 Å². The van der Waals surface area contributed by atoms with Crippen molar-refractivity contribution in [2.24, 2.45) is 5.73 Å². The minimum atomic E-state index is 0.584. The van der Waals surface area contributed by atoms with Crippen LogP contribution in [0.15, 0.2) is 36.7 Å². The Bertz CT molecular complexity index is 418. The normalized spacial score (nSPS) is 10.4. The van der Waals surface area contributed by atoms with Gasteiger partial charge in [-0.2, -0.15) is 5.10 Å². The van der Waals surface area contributed by atoms with Crippen molar-refractivity contribution < 1.29 is 0 Å². The summed E-state index contributed by atoms with van der Waals surface area (Å²) in [5.41, 5.74) is 9.01. The summed E-state index contributed by atoms with van der Waals surface area (Å²) in [5, 5.41) is 4.19. The van der Waals surface area contributed by atoms with Crippen molar-refractivity contribution in [3.8, 4) is 5.69 Å². The molecule has 0 saturated heterocycles.